The smallest absolute Gasteiger partial charge is 0.159 e. The predicted molar refractivity (Wildman–Crippen MR) is 68.8 cm³/mol. The SMILES string of the molecule is CC(=O)c1ccc(C=CCCN=[N+]=[N-])c(C)c1. The van der Waals surface area contributed by atoms with Gasteiger partial charge in [-0.05, 0) is 43.0 Å². The van der Waals surface area contributed by atoms with E-state index >= 15 is 0 Å². The van der Waals surface area contributed by atoms with Crippen LogP contribution in [0.4, 0.5) is 0 Å². The monoisotopic (exact) mass is 229 g/mol. The van der Waals surface area contributed by atoms with Crippen molar-refractivity contribution in [1.82, 2.24) is 0 Å². The third-order valence-corrected chi connectivity index (χ3v) is 2.43. The molecule has 1 aromatic carbocycles. The van der Waals surface area contributed by atoms with E-state index in [9.17, 15) is 4.79 Å². The average Bonchev–Trinajstić information content (AvgIpc) is 2.30. The molecule has 0 aromatic heterocycles. The summed E-state index contributed by atoms with van der Waals surface area (Å²) in [7, 11) is 0. The Balaban J connectivity index is 2.72. The minimum atomic E-state index is 0.0759. The summed E-state index contributed by atoms with van der Waals surface area (Å²) in [5.41, 5.74) is 11.0. The van der Waals surface area contributed by atoms with E-state index in [0.717, 1.165) is 23.1 Å². The van der Waals surface area contributed by atoms with Crippen molar-refractivity contribution in [3.05, 3.63) is 51.4 Å². The number of aryl methyl sites for hydroxylation is 1. The van der Waals surface area contributed by atoms with E-state index in [4.69, 9.17) is 5.53 Å². The van der Waals surface area contributed by atoms with E-state index in [2.05, 4.69) is 10.0 Å². The Bertz CT molecular complexity index is 485. The number of hydrogen-bond donors (Lipinski definition) is 0. The van der Waals surface area contributed by atoms with E-state index in [-0.39, 0.29) is 5.78 Å². The van der Waals surface area contributed by atoms with Crippen LogP contribution in [0.25, 0.3) is 16.5 Å². The van der Waals surface area contributed by atoms with Crippen LogP contribution in [0.15, 0.2) is 29.4 Å². The minimum absolute atomic E-state index is 0.0759. The summed E-state index contributed by atoms with van der Waals surface area (Å²) in [6, 6.07) is 5.63. The van der Waals surface area contributed by atoms with Crippen LogP contribution in [0.3, 0.4) is 0 Å². The fourth-order valence-corrected chi connectivity index (χ4v) is 1.47. The normalized spacial score (nSPS) is 10.2. The highest BCUT2D eigenvalue weighted by atomic mass is 16.1. The van der Waals surface area contributed by atoms with E-state index in [1.54, 1.807) is 6.92 Å². The van der Waals surface area contributed by atoms with Gasteiger partial charge in [-0.15, -0.1) is 0 Å². The second kappa shape index (κ2) is 6.51. The third-order valence-electron chi connectivity index (χ3n) is 2.43. The van der Waals surface area contributed by atoms with Gasteiger partial charge >= 0.3 is 0 Å². The van der Waals surface area contributed by atoms with Crippen LogP contribution in [-0.2, 0) is 0 Å². The molecule has 0 heterocycles. The summed E-state index contributed by atoms with van der Waals surface area (Å²) in [6.07, 6.45) is 4.66. The summed E-state index contributed by atoms with van der Waals surface area (Å²) in [5.74, 6) is 0.0759. The van der Waals surface area contributed by atoms with E-state index in [1.165, 1.54) is 0 Å². The zero-order valence-electron chi connectivity index (χ0n) is 10.1. The number of ketones is 1. The van der Waals surface area contributed by atoms with Crippen LogP contribution in [0, 0.1) is 6.92 Å². The molecule has 1 aromatic rings. The van der Waals surface area contributed by atoms with Crippen LogP contribution < -0.4 is 0 Å². The summed E-state index contributed by atoms with van der Waals surface area (Å²) >= 11 is 0. The van der Waals surface area contributed by atoms with E-state index in [1.807, 2.05) is 37.3 Å². The van der Waals surface area contributed by atoms with E-state index < -0.39 is 0 Å². The summed E-state index contributed by atoms with van der Waals surface area (Å²) in [4.78, 5) is 13.9. The topological polar surface area (TPSA) is 65.8 Å². The van der Waals surface area contributed by atoms with E-state index in [0.29, 0.717) is 6.54 Å². The molecule has 0 unspecified atom stereocenters. The molecule has 88 valence electrons. The number of carbonyl (C=O) groups is 1. The van der Waals surface area contributed by atoms with Crippen LogP contribution in [0.2, 0.25) is 0 Å². The summed E-state index contributed by atoms with van der Waals surface area (Å²) in [6.45, 7) is 4.00. The van der Waals surface area contributed by atoms with Crippen molar-refractivity contribution >= 4 is 11.9 Å². The second-order valence-electron chi connectivity index (χ2n) is 3.77. The molecule has 0 amide bonds. The Morgan fingerprint density at radius 2 is 2.29 bits per heavy atom. The molecule has 17 heavy (non-hydrogen) atoms. The van der Waals surface area contributed by atoms with Gasteiger partial charge in [0.05, 0.1) is 0 Å². The average molecular weight is 229 g/mol. The lowest BCUT2D eigenvalue weighted by Gasteiger charge is -2.02. The van der Waals surface area contributed by atoms with Gasteiger partial charge < -0.3 is 0 Å². The van der Waals surface area contributed by atoms with Crippen LogP contribution in [0.5, 0.6) is 0 Å². The van der Waals surface area contributed by atoms with Gasteiger partial charge in [0.1, 0.15) is 0 Å². The fraction of sp³-hybridized carbons (Fsp3) is 0.308. The number of benzene rings is 1. The van der Waals surface area contributed by atoms with Crippen molar-refractivity contribution < 1.29 is 4.79 Å². The maximum Gasteiger partial charge on any atom is 0.159 e. The van der Waals surface area contributed by atoms with Gasteiger partial charge in [0.2, 0.25) is 0 Å². The highest BCUT2D eigenvalue weighted by Crippen LogP contribution is 2.13. The van der Waals surface area contributed by atoms with Gasteiger partial charge in [-0.25, -0.2) is 0 Å². The van der Waals surface area contributed by atoms with Gasteiger partial charge in [-0.2, -0.15) is 0 Å². The molecule has 0 atom stereocenters. The molecule has 0 saturated heterocycles. The lowest BCUT2D eigenvalue weighted by molar-refractivity contribution is 0.101. The molecule has 4 heteroatoms. The lowest BCUT2D eigenvalue weighted by atomic mass is 10.0. The predicted octanol–water partition coefficient (Wildman–Crippen LogP) is 3.91. The molecule has 0 fully saturated rings. The van der Waals surface area contributed by atoms with Crippen molar-refractivity contribution in [3.8, 4) is 0 Å². The quantitative estimate of drug-likeness (QED) is 0.248. The first kappa shape index (κ1) is 13.0. The number of nitrogens with zero attached hydrogens (tertiary/aromatic N) is 3. The van der Waals surface area contributed by atoms with Crippen molar-refractivity contribution in [2.45, 2.75) is 20.3 Å². The highest BCUT2D eigenvalue weighted by molar-refractivity contribution is 5.94. The van der Waals surface area contributed by atoms with Gasteiger partial charge in [-0.3, -0.25) is 4.79 Å². The number of rotatable bonds is 5. The molecular weight excluding hydrogens is 214 g/mol. The van der Waals surface area contributed by atoms with Crippen LogP contribution in [0.1, 0.15) is 34.8 Å². The Morgan fingerprint density at radius 3 is 2.88 bits per heavy atom. The Kier molecular flexibility index (Phi) is 4.98. The number of hydrogen-bond acceptors (Lipinski definition) is 2. The molecule has 0 aliphatic rings. The fourth-order valence-electron chi connectivity index (χ4n) is 1.47. The molecule has 0 N–H and O–H groups in total. The Morgan fingerprint density at radius 1 is 1.53 bits per heavy atom. The third kappa shape index (κ3) is 4.13. The zero-order valence-corrected chi connectivity index (χ0v) is 10.1. The van der Waals surface area contributed by atoms with Crippen molar-refractivity contribution in [2.75, 3.05) is 6.54 Å². The maximum atomic E-state index is 11.2. The van der Waals surface area contributed by atoms with Crippen molar-refractivity contribution in [3.63, 3.8) is 0 Å². The largest absolute Gasteiger partial charge is 0.295 e. The van der Waals surface area contributed by atoms with Crippen LogP contribution in [-0.4, -0.2) is 12.3 Å². The lowest BCUT2D eigenvalue weighted by Crippen LogP contribution is -1.93. The molecule has 0 bridgehead atoms. The Labute approximate surface area is 101 Å². The molecule has 0 saturated carbocycles. The minimum Gasteiger partial charge on any atom is -0.295 e. The number of carbonyl (C=O) groups excluding carboxylic acids is 1. The first-order chi connectivity index (χ1) is 8.15. The van der Waals surface area contributed by atoms with Crippen LogP contribution >= 0.6 is 0 Å². The van der Waals surface area contributed by atoms with Crippen molar-refractivity contribution in [2.24, 2.45) is 5.11 Å². The summed E-state index contributed by atoms with van der Waals surface area (Å²) < 4.78 is 0. The molecule has 4 nitrogen and oxygen atoms in total. The summed E-state index contributed by atoms with van der Waals surface area (Å²) in [5, 5.41) is 3.45. The molecule has 0 radical (unpaired) electrons. The second-order valence-corrected chi connectivity index (χ2v) is 3.77. The molecule has 0 aliphatic heterocycles. The van der Waals surface area contributed by atoms with Gasteiger partial charge in [0, 0.05) is 17.0 Å². The van der Waals surface area contributed by atoms with Crippen molar-refractivity contribution in [1.29, 1.82) is 0 Å². The van der Waals surface area contributed by atoms with Gasteiger partial charge in [0.15, 0.2) is 5.78 Å². The maximum absolute atomic E-state index is 11.2. The molecule has 0 aliphatic carbocycles. The molecule has 0 spiro atoms. The standard InChI is InChI=1S/C13H15N3O/c1-10-9-13(11(2)17)7-6-12(10)5-3-4-8-15-16-14/h3,5-7,9H,4,8H2,1-2H3. The highest BCUT2D eigenvalue weighted by Gasteiger charge is 2.00. The van der Waals surface area contributed by atoms with Gasteiger partial charge in [-0.1, -0.05) is 29.4 Å². The zero-order chi connectivity index (χ0) is 12.7. The van der Waals surface area contributed by atoms with Gasteiger partial charge in [0.25, 0.3) is 0 Å². The first-order valence-electron chi connectivity index (χ1n) is 5.44. The Hall–Kier alpha value is -2.06. The first-order valence-corrected chi connectivity index (χ1v) is 5.44. The number of Topliss-reactive ketones (excluding diaryl/α,β-unsaturated/α-hetero) is 1. The molecular formula is C13H15N3O. The number of azide groups is 1. The molecule has 1 rings (SSSR count).